The Hall–Kier alpha value is -1.58. The third-order valence-corrected chi connectivity index (χ3v) is 3.35. The standard InChI is InChI=1S/C17H21ClN2O/c1-4-19-16(17-15(18)9-6-10-20-17)13-7-5-8-14(11-13)21-12(2)3/h5-12,16,19H,4H2,1-3H3. The second kappa shape index (κ2) is 7.43. The van der Waals surface area contributed by atoms with Crippen LogP contribution in [0.25, 0.3) is 0 Å². The fourth-order valence-corrected chi connectivity index (χ4v) is 2.46. The molecule has 1 aromatic heterocycles. The van der Waals surface area contributed by atoms with E-state index in [9.17, 15) is 0 Å². The van der Waals surface area contributed by atoms with Gasteiger partial charge >= 0.3 is 0 Å². The summed E-state index contributed by atoms with van der Waals surface area (Å²) in [6.07, 6.45) is 1.91. The first-order chi connectivity index (χ1) is 10.1. The van der Waals surface area contributed by atoms with Gasteiger partial charge in [0.2, 0.25) is 0 Å². The van der Waals surface area contributed by atoms with Gasteiger partial charge in [-0.05, 0) is 50.2 Å². The van der Waals surface area contributed by atoms with Crippen LogP contribution in [0.5, 0.6) is 5.75 Å². The zero-order valence-corrected chi connectivity index (χ0v) is 13.4. The third-order valence-electron chi connectivity index (χ3n) is 3.03. The molecule has 0 fully saturated rings. The lowest BCUT2D eigenvalue weighted by atomic mass is 10.0. The molecular weight excluding hydrogens is 284 g/mol. The number of ether oxygens (including phenoxy) is 1. The fourth-order valence-electron chi connectivity index (χ4n) is 2.23. The Bertz CT molecular complexity index is 587. The van der Waals surface area contributed by atoms with Gasteiger partial charge in [-0.3, -0.25) is 4.98 Å². The number of nitrogens with zero attached hydrogens (tertiary/aromatic N) is 1. The summed E-state index contributed by atoms with van der Waals surface area (Å²) in [5.41, 5.74) is 1.93. The van der Waals surface area contributed by atoms with Crippen LogP contribution in [0.2, 0.25) is 5.02 Å². The van der Waals surface area contributed by atoms with Gasteiger partial charge in [-0.1, -0.05) is 30.7 Å². The Kier molecular flexibility index (Phi) is 5.59. The third kappa shape index (κ3) is 4.19. The highest BCUT2D eigenvalue weighted by molar-refractivity contribution is 6.31. The predicted molar refractivity (Wildman–Crippen MR) is 87.0 cm³/mol. The molecule has 0 spiro atoms. The highest BCUT2D eigenvalue weighted by atomic mass is 35.5. The Labute approximate surface area is 131 Å². The molecule has 112 valence electrons. The van der Waals surface area contributed by atoms with Crippen molar-refractivity contribution in [2.24, 2.45) is 0 Å². The topological polar surface area (TPSA) is 34.1 Å². The maximum atomic E-state index is 6.29. The van der Waals surface area contributed by atoms with E-state index in [0.29, 0.717) is 5.02 Å². The van der Waals surface area contributed by atoms with Crippen molar-refractivity contribution in [2.45, 2.75) is 32.9 Å². The highest BCUT2D eigenvalue weighted by Crippen LogP contribution is 2.28. The number of benzene rings is 1. The van der Waals surface area contributed by atoms with Crippen molar-refractivity contribution in [1.29, 1.82) is 0 Å². The van der Waals surface area contributed by atoms with Crippen molar-refractivity contribution >= 4 is 11.6 Å². The SMILES string of the molecule is CCNC(c1cccc(OC(C)C)c1)c1ncccc1Cl. The van der Waals surface area contributed by atoms with Gasteiger partial charge in [0.15, 0.2) is 0 Å². The summed E-state index contributed by atoms with van der Waals surface area (Å²) in [4.78, 5) is 4.43. The molecule has 0 radical (unpaired) electrons. The van der Waals surface area contributed by atoms with Gasteiger partial charge in [-0.2, -0.15) is 0 Å². The van der Waals surface area contributed by atoms with E-state index in [0.717, 1.165) is 23.6 Å². The number of hydrogen-bond donors (Lipinski definition) is 1. The molecule has 1 heterocycles. The maximum Gasteiger partial charge on any atom is 0.120 e. The lowest BCUT2D eigenvalue weighted by molar-refractivity contribution is 0.242. The molecule has 4 heteroatoms. The van der Waals surface area contributed by atoms with Crippen LogP contribution < -0.4 is 10.1 Å². The van der Waals surface area contributed by atoms with Crippen LogP contribution in [-0.2, 0) is 0 Å². The molecule has 0 aliphatic heterocycles. The van der Waals surface area contributed by atoms with Crippen LogP contribution >= 0.6 is 11.6 Å². The largest absolute Gasteiger partial charge is 0.491 e. The van der Waals surface area contributed by atoms with Crippen LogP contribution in [0.15, 0.2) is 42.6 Å². The normalized spacial score (nSPS) is 12.4. The number of pyridine rings is 1. The Morgan fingerprint density at radius 1 is 1.24 bits per heavy atom. The van der Waals surface area contributed by atoms with E-state index in [1.54, 1.807) is 6.20 Å². The summed E-state index contributed by atoms with van der Waals surface area (Å²) in [6.45, 7) is 6.93. The van der Waals surface area contributed by atoms with Crippen molar-refractivity contribution in [3.63, 3.8) is 0 Å². The minimum atomic E-state index is -0.0422. The van der Waals surface area contributed by atoms with Gasteiger partial charge in [-0.25, -0.2) is 0 Å². The van der Waals surface area contributed by atoms with Gasteiger partial charge in [0.25, 0.3) is 0 Å². The molecule has 0 saturated heterocycles. The molecular formula is C17H21ClN2O. The van der Waals surface area contributed by atoms with Crippen LogP contribution in [0.3, 0.4) is 0 Å². The molecule has 0 aliphatic carbocycles. The summed E-state index contributed by atoms with van der Waals surface area (Å²) >= 11 is 6.29. The van der Waals surface area contributed by atoms with E-state index in [1.807, 2.05) is 44.2 Å². The molecule has 1 unspecified atom stereocenters. The van der Waals surface area contributed by atoms with Crippen molar-refractivity contribution < 1.29 is 4.74 Å². The average molecular weight is 305 g/mol. The first-order valence-electron chi connectivity index (χ1n) is 7.22. The number of halogens is 1. The van der Waals surface area contributed by atoms with E-state index in [1.165, 1.54) is 0 Å². The van der Waals surface area contributed by atoms with Crippen LogP contribution in [0.1, 0.15) is 38.1 Å². The molecule has 0 amide bonds. The Morgan fingerprint density at radius 3 is 2.71 bits per heavy atom. The van der Waals surface area contributed by atoms with Gasteiger partial charge < -0.3 is 10.1 Å². The molecule has 1 aromatic carbocycles. The van der Waals surface area contributed by atoms with Gasteiger partial charge in [0.1, 0.15) is 5.75 Å². The van der Waals surface area contributed by atoms with E-state index < -0.39 is 0 Å². The molecule has 0 saturated carbocycles. The quantitative estimate of drug-likeness (QED) is 0.867. The van der Waals surface area contributed by atoms with E-state index >= 15 is 0 Å². The second-order valence-corrected chi connectivity index (χ2v) is 5.51. The van der Waals surface area contributed by atoms with Crippen molar-refractivity contribution in [3.05, 3.63) is 58.9 Å². The van der Waals surface area contributed by atoms with Crippen molar-refractivity contribution in [3.8, 4) is 5.75 Å². The van der Waals surface area contributed by atoms with E-state index in [-0.39, 0.29) is 12.1 Å². The Morgan fingerprint density at radius 2 is 2.05 bits per heavy atom. The minimum absolute atomic E-state index is 0.0422. The number of hydrogen-bond acceptors (Lipinski definition) is 3. The smallest absolute Gasteiger partial charge is 0.120 e. The molecule has 1 N–H and O–H groups in total. The lowest BCUT2D eigenvalue weighted by Crippen LogP contribution is -2.23. The van der Waals surface area contributed by atoms with Crippen molar-refractivity contribution in [2.75, 3.05) is 6.54 Å². The summed E-state index contributed by atoms with van der Waals surface area (Å²) in [7, 11) is 0. The molecule has 1 atom stereocenters. The van der Waals surface area contributed by atoms with Gasteiger partial charge in [-0.15, -0.1) is 0 Å². The van der Waals surface area contributed by atoms with Crippen LogP contribution in [0.4, 0.5) is 0 Å². The zero-order valence-electron chi connectivity index (χ0n) is 12.6. The fraction of sp³-hybridized carbons (Fsp3) is 0.353. The predicted octanol–water partition coefficient (Wildman–Crippen LogP) is 4.22. The number of rotatable bonds is 6. The average Bonchev–Trinajstić information content (AvgIpc) is 2.45. The number of nitrogens with one attached hydrogen (secondary N) is 1. The molecule has 0 aliphatic rings. The van der Waals surface area contributed by atoms with E-state index in [2.05, 4.69) is 23.3 Å². The first-order valence-corrected chi connectivity index (χ1v) is 7.60. The van der Waals surface area contributed by atoms with Crippen molar-refractivity contribution in [1.82, 2.24) is 10.3 Å². The minimum Gasteiger partial charge on any atom is -0.491 e. The highest BCUT2D eigenvalue weighted by Gasteiger charge is 2.18. The summed E-state index contributed by atoms with van der Waals surface area (Å²) in [6, 6.07) is 11.7. The maximum absolute atomic E-state index is 6.29. The van der Waals surface area contributed by atoms with E-state index in [4.69, 9.17) is 16.3 Å². The van der Waals surface area contributed by atoms with Gasteiger partial charge in [0.05, 0.1) is 22.9 Å². The van der Waals surface area contributed by atoms with Gasteiger partial charge in [0, 0.05) is 6.20 Å². The molecule has 0 bridgehead atoms. The molecule has 2 rings (SSSR count). The number of aromatic nitrogens is 1. The summed E-state index contributed by atoms with van der Waals surface area (Å²) < 4.78 is 5.77. The first kappa shape index (κ1) is 15.8. The second-order valence-electron chi connectivity index (χ2n) is 5.10. The Balaban J connectivity index is 2.36. The zero-order chi connectivity index (χ0) is 15.2. The monoisotopic (exact) mass is 304 g/mol. The lowest BCUT2D eigenvalue weighted by Gasteiger charge is -2.20. The summed E-state index contributed by atoms with van der Waals surface area (Å²) in [5.74, 6) is 0.859. The molecule has 21 heavy (non-hydrogen) atoms. The molecule has 3 nitrogen and oxygen atoms in total. The summed E-state index contributed by atoms with van der Waals surface area (Å²) in [5, 5.41) is 4.10. The molecule has 2 aromatic rings. The van der Waals surface area contributed by atoms with Crippen LogP contribution in [0, 0.1) is 0 Å². The van der Waals surface area contributed by atoms with Crippen LogP contribution in [-0.4, -0.2) is 17.6 Å².